The van der Waals surface area contributed by atoms with Crippen molar-refractivity contribution in [1.29, 1.82) is 0 Å². The van der Waals surface area contributed by atoms with Crippen molar-refractivity contribution in [2.45, 2.75) is 26.3 Å². The van der Waals surface area contributed by atoms with E-state index in [1.807, 2.05) is 60.5 Å². The zero-order valence-electron chi connectivity index (χ0n) is 15.7. The van der Waals surface area contributed by atoms with Gasteiger partial charge in [-0.2, -0.15) is 0 Å². The van der Waals surface area contributed by atoms with Gasteiger partial charge >= 0.3 is 0 Å². The number of aryl methyl sites for hydroxylation is 1. The van der Waals surface area contributed by atoms with Gasteiger partial charge in [0.1, 0.15) is 5.82 Å². The molecule has 4 nitrogen and oxygen atoms in total. The average Bonchev–Trinajstić information content (AvgIpc) is 3.17. The lowest BCUT2D eigenvalue weighted by molar-refractivity contribution is 0.0683. The molecule has 1 aliphatic rings. The molecule has 1 amide bonds. The molecule has 0 saturated carbocycles. The van der Waals surface area contributed by atoms with Crippen molar-refractivity contribution in [2.75, 3.05) is 13.1 Å². The van der Waals surface area contributed by atoms with Gasteiger partial charge in [0.25, 0.3) is 5.91 Å². The topological polar surface area (TPSA) is 38.1 Å². The van der Waals surface area contributed by atoms with Crippen molar-refractivity contribution >= 4 is 5.91 Å². The lowest BCUT2D eigenvalue weighted by Crippen LogP contribution is -2.39. The number of piperidine rings is 1. The zero-order chi connectivity index (χ0) is 18.6. The lowest BCUT2D eigenvalue weighted by Gasteiger charge is -2.32. The van der Waals surface area contributed by atoms with Crippen LogP contribution in [0.5, 0.6) is 0 Å². The van der Waals surface area contributed by atoms with Gasteiger partial charge in [0.05, 0.1) is 0 Å². The Labute approximate surface area is 160 Å². The molecule has 0 bridgehead atoms. The zero-order valence-corrected chi connectivity index (χ0v) is 15.7. The molecule has 0 N–H and O–H groups in total. The maximum atomic E-state index is 12.7. The summed E-state index contributed by atoms with van der Waals surface area (Å²) in [5.74, 6) is 1.75. The summed E-state index contributed by atoms with van der Waals surface area (Å²) in [7, 11) is 0. The molecule has 138 valence electrons. The number of benzene rings is 2. The molecule has 0 spiro atoms. The first kappa shape index (κ1) is 17.5. The fourth-order valence-corrected chi connectivity index (χ4v) is 3.78. The number of likely N-dealkylation sites (tertiary alicyclic amines) is 1. The Bertz CT molecular complexity index is 891. The van der Waals surface area contributed by atoms with Gasteiger partial charge in [0.15, 0.2) is 0 Å². The maximum Gasteiger partial charge on any atom is 0.253 e. The predicted octanol–water partition coefficient (Wildman–Crippen LogP) is 4.41. The van der Waals surface area contributed by atoms with E-state index >= 15 is 0 Å². The second kappa shape index (κ2) is 7.78. The molecule has 27 heavy (non-hydrogen) atoms. The number of rotatable bonds is 4. The molecular formula is C23H25N3O. The van der Waals surface area contributed by atoms with E-state index in [1.165, 1.54) is 5.56 Å². The molecule has 2 aromatic carbocycles. The van der Waals surface area contributed by atoms with Gasteiger partial charge in [-0.05, 0) is 37.8 Å². The summed E-state index contributed by atoms with van der Waals surface area (Å²) in [4.78, 5) is 19.2. The smallest absolute Gasteiger partial charge is 0.253 e. The van der Waals surface area contributed by atoms with E-state index in [0.29, 0.717) is 5.92 Å². The number of hydrogen-bond acceptors (Lipinski definition) is 2. The van der Waals surface area contributed by atoms with Crippen LogP contribution in [-0.4, -0.2) is 33.4 Å². The van der Waals surface area contributed by atoms with Gasteiger partial charge in [-0.25, -0.2) is 4.98 Å². The van der Waals surface area contributed by atoms with Gasteiger partial charge in [-0.1, -0.05) is 48.0 Å². The largest absolute Gasteiger partial charge is 0.339 e. The minimum atomic E-state index is 0.154. The highest BCUT2D eigenvalue weighted by molar-refractivity contribution is 5.94. The molecule has 1 aromatic heterocycles. The highest BCUT2D eigenvalue weighted by Crippen LogP contribution is 2.24. The SMILES string of the molecule is Cc1ccc(C(=O)N2CCC(Cn3ccnc3-c3ccccc3)CC2)cc1. The van der Waals surface area contributed by atoms with Crippen LogP contribution in [0.25, 0.3) is 11.4 Å². The van der Waals surface area contributed by atoms with Crippen molar-refractivity contribution in [2.24, 2.45) is 5.92 Å². The number of imidazole rings is 1. The fraction of sp³-hybridized carbons (Fsp3) is 0.304. The minimum Gasteiger partial charge on any atom is -0.339 e. The van der Waals surface area contributed by atoms with Crippen molar-refractivity contribution in [3.63, 3.8) is 0 Å². The molecule has 0 radical (unpaired) electrons. The van der Waals surface area contributed by atoms with Crippen LogP contribution < -0.4 is 0 Å². The normalized spacial score (nSPS) is 15.1. The minimum absolute atomic E-state index is 0.154. The molecule has 0 atom stereocenters. The molecule has 2 heterocycles. The second-order valence-corrected chi connectivity index (χ2v) is 7.37. The van der Waals surface area contributed by atoms with Crippen molar-refractivity contribution in [3.05, 3.63) is 78.1 Å². The first-order valence-electron chi connectivity index (χ1n) is 9.63. The van der Waals surface area contributed by atoms with Crippen molar-refractivity contribution in [3.8, 4) is 11.4 Å². The Balaban J connectivity index is 1.37. The average molecular weight is 359 g/mol. The van der Waals surface area contributed by atoms with Crippen LogP contribution in [0.4, 0.5) is 0 Å². The summed E-state index contributed by atoms with van der Waals surface area (Å²) in [6.07, 6.45) is 6.00. The summed E-state index contributed by atoms with van der Waals surface area (Å²) in [5.41, 5.74) is 3.12. The number of aromatic nitrogens is 2. The quantitative estimate of drug-likeness (QED) is 0.692. The lowest BCUT2D eigenvalue weighted by atomic mass is 9.96. The van der Waals surface area contributed by atoms with Crippen LogP contribution in [0.2, 0.25) is 0 Å². The van der Waals surface area contributed by atoms with Crippen LogP contribution in [0.15, 0.2) is 67.0 Å². The summed E-state index contributed by atoms with van der Waals surface area (Å²) in [6, 6.07) is 18.2. The van der Waals surface area contributed by atoms with E-state index in [1.54, 1.807) is 0 Å². The Morgan fingerprint density at radius 3 is 2.44 bits per heavy atom. The summed E-state index contributed by atoms with van der Waals surface area (Å²) < 4.78 is 2.25. The molecule has 4 rings (SSSR count). The van der Waals surface area contributed by atoms with Gasteiger partial charge in [0.2, 0.25) is 0 Å². The highest BCUT2D eigenvalue weighted by atomic mass is 16.2. The van der Waals surface area contributed by atoms with Gasteiger partial charge in [0, 0.05) is 43.2 Å². The Morgan fingerprint density at radius 2 is 1.74 bits per heavy atom. The molecule has 1 saturated heterocycles. The third-order valence-electron chi connectivity index (χ3n) is 5.40. The molecule has 0 aliphatic carbocycles. The van der Waals surface area contributed by atoms with E-state index in [9.17, 15) is 4.79 Å². The molecule has 4 heteroatoms. The predicted molar refractivity (Wildman–Crippen MR) is 107 cm³/mol. The summed E-state index contributed by atoms with van der Waals surface area (Å²) in [5, 5.41) is 0. The fourth-order valence-electron chi connectivity index (χ4n) is 3.78. The van der Waals surface area contributed by atoms with Crippen LogP contribution in [-0.2, 0) is 6.54 Å². The standard InChI is InChI=1S/C23H25N3O/c1-18-7-9-21(10-8-18)23(27)25-14-11-19(12-15-25)17-26-16-13-24-22(26)20-5-3-2-4-6-20/h2-10,13,16,19H,11-12,14-15,17H2,1H3. The molecule has 1 fully saturated rings. The monoisotopic (exact) mass is 359 g/mol. The third kappa shape index (κ3) is 3.95. The first-order valence-corrected chi connectivity index (χ1v) is 9.63. The molecule has 1 aliphatic heterocycles. The van der Waals surface area contributed by atoms with Crippen molar-refractivity contribution in [1.82, 2.24) is 14.5 Å². The second-order valence-electron chi connectivity index (χ2n) is 7.37. The van der Waals surface area contributed by atoms with Crippen LogP contribution in [0, 0.1) is 12.8 Å². The first-order chi connectivity index (χ1) is 13.2. The van der Waals surface area contributed by atoms with Gasteiger partial charge < -0.3 is 9.47 Å². The summed E-state index contributed by atoms with van der Waals surface area (Å²) >= 11 is 0. The van der Waals surface area contributed by atoms with E-state index < -0.39 is 0 Å². The van der Waals surface area contributed by atoms with Crippen LogP contribution in [0.1, 0.15) is 28.8 Å². The van der Waals surface area contributed by atoms with Gasteiger partial charge in [-0.15, -0.1) is 0 Å². The molecular weight excluding hydrogens is 334 g/mol. The number of nitrogens with zero attached hydrogens (tertiary/aromatic N) is 3. The summed E-state index contributed by atoms with van der Waals surface area (Å²) in [6.45, 7) is 4.65. The maximum absolute atomic E-state index is 12.7. The number of carbonyl (C=O) groups is 1. The van der Waals surface area contributed by atoms with E-state index in [-0.39, 0.29) is 5.91 Å². The Morgan fingerprint density at radius 1 is 1.04 bits per heavy atom. The van der Waals surface area contributed by atoms with Crippen LogP contribution in [0.3, 0.4) is 0 Å². The molecule has 0 unspecified atom stereocenters. The molecule has 3 aromatic rings. The van der Waals surface area contributed by atoms with Gasteiger partial charge in [-0.3, -0.25) is 4.79 Å². The highest BCUT2D eigenvalue weighted by Gasteiger charge is 2.24. The van der Waals surface area contributed by atoms with Crippen molar-refractivity contribution < 1.29 is 4.79 Å². The Hall–Kier alpha value is -2.88. The number of hydrogen-bond donors (Lipinski definition) is 0. The van der Waals surface area contributed by atoms with E-state index in [4.69, 9.17) is 0 Å². The van der Waals surface area contributed by atoms with E-state index in [2.05, 4.69) is 27.9 Å². The Kier molecular flexibility index (Phi) is 5.05. The number of carbonyl (C=O) groups excluding carboxylic acids is 1. The number of amides is 1. The van der Waals surface area contributed by atoms with Crippen LogP contribution >= 0.6 is 0 Å². The third-order valence-corrected chi connectivity index (χ3v) is 5.40. The van der Waals surface area contributed by atoms with E-state index in [0.717, 1.165) is 49.4 Å².